The summed E-state index contributed by atoms with van der Waals surface area (Å²) in [6.45, 7) is 3.32. The molecule has 1 saturated carbocycles. The number of rotatable bonds is 4. The minimum Gasteiger partial charge on any atom is -0.389 e. The van der Waals surface area contributed by atoms with Gasteiger partial charge >= 0.3 is 0 Å². The second-order valence-corrected chi connectivity index (χ2v) is 8.19. The van der Waals surface area contributed by atoms with E-state index >= 15 is 0 Å². The Hall–Kier alpha value is -0.330. The van der Waals surface area contributed by atoms with Crippen LogP contribution in [0.15, 0.2) is 11.0 Å². The first-order chi connectivity index (χ1) is 9.66. The molecule has 0 saturated heterocycles. The molecule has 0 atom stereocenters. The van der Waals surface area contributed by atoms with Crippen LogP contribution in [0.5, 0.6) is 0 Å². The van der Waals surface area contributed by atoms with Crippen molar-refractivity contribution in [1.29, 1.82) is 0 Å². The Balaban J connectivity index is 2.32. The molecule has 1 fully saturated rings. The van der Waals surface area contributed by atoms with Crippen LogP contribution >= 0.6 is 23.2 Å². The van der Waals surface area contributed by atoms with Crippen molar-refractivity contribution in [2.75, 3.05) is 6.54 Å². The Morgan fingerprint density at radius 3 is 2.43 bits per heavy atom. The lowest BCUT2D eigenvalue weighted by molar-refractivity contribution is 0.0531. The lowest BCUT2D eigenvalue weighted by atomic mass is 10.0. The zero-order valence-corrected chi connectivity index (χ0v) is 14.4. The number of aryl methyl sites for hydroxylation is 1. The Kier molecular flexibility index (Phi) is 4.90. The predicted octanol–water partition coefficient (Wildman–Crippen LogP) is 3.19. The summed E-state index contributed by atoms with van der Waals surface area (Å²) in [7, 11) is -3.82. The summed E-state index contributed by atoms with van der Waals surface area (Å²) < 4.78 is 27.5. The van der Waals surface area contributed by atoms with Gasteiger partial charge in [-0.1, -0.05) is 36.0 Å². The standard InChI is InChI=1S/C14H19Cl2NO3S/c1-9-7-11(15)10(2)13(12(9)16)21(19,20)17-8-14(18)5-3-4-6-14/h7,17-18H,3-6,8H2,1-2H3. The molecule has 1 aliphatic carbocycles. The molecule has 0 aromatic heterocycles. The van der Waals surface area contributed by atoms with E-state index in [2.05, 4.69) is 4.72 Å². The van der Waals surface area contributed by atoms with E-state index in [4.69, 9.17) is 23.2 Å². The molecule has 0 unspecified atom stereocenters. The van der Waals surface area contributed by atoms with Gasteiger partial charge in [-0.2, -0.15) is 0 Å². The van der Waals surface area contributed by atoms with Gasteiger partial charge in [-0.05, 0) is 43.9 Å². The van der Waals surface area contributed by atoms with Crippen LogP contribution in [0, 0.1) is 13.8 Å². The molecule has 0 aliphatic heterocycles. The lowest BCUT2D eigenvalue weighted by Gasteiger charge is -2.23. The number of nitrogens with one attached hydrogen (secondary N) is 1. The van der Waals surface area contributed by atoms with Gasteiger partial charge in [0, 0.05) is 11.6 Å². The highest BCUT2D eigenvalue weighted by atomic mass is 35.5. The second-order valence-electron chi connectivity index (χ2n) is 5.70. The number of aliphatic hydroxyl groups is 1. The summed E-state index contributed by atoms with van der Waals surface area (Å²) in [5.41, 5.74) is 0.0616. The summed E-state index contributed by atoms with van der Waals surface area (Å²) >= 11 is 12.2. The van der Waals surface area contributed by atoms with E-state index in [0.717, 1.165) is 12.8 Å². The maximum Gasteiger partial charge on any atom is 0.242 e. The number of hydrogen-bond acceptors (Lipinski definition) is 3. The normalized spacial score (nSPS) is 18.1. The average molecular weight is 352 g/mol. The summed E-state index contributed by atoms with van der Waals surface area (Å²) in [5, 5.41) is 10.8. The Bertz CT molecular complexity index is 626. The summed E-state index contributed by atoms with van der Waals surface area (Å²) in [4.78, 5) is -0.00392. The first kappa shape index (κ1) is 17.0. The molecule has 21 heavy (non-hydrogen) atoms. The highest BCUT2D eigenvalue weighted by Gasteiger charge is 2.33. The van der Waals surface area contributed by atoms with Gasteiger partial charge < -0.3 is 5.11 Å². The molecule has 118 valence electrons. The van der Waals surface area contributed by atoms with Crippen LogP contribution in [-0.2, 0) is 10.0 Å². The van der Waals surface area contributed by atoms with Gasteiger partial charge in [-0.3, -0.25) is 0 Å². The van der Waals surface area contributed by atoms with Crippen LogP contribution in [0.1, 0.15) is 36.8 Å². The van der Waals surface area contributed by atoms with Gasteiger partial charge in [-0.25, -0.2) is 13.1 Å². The van der Waals surface area contributed by atoms with Crippen LogP contribution in [0.4, 0.5) is 0 Å². The first-order valence-corrected chi connectivity index (χ1v) is 9.07. The highest BCUT2D eigenvalue weighted by Crippen LogP contribution is 2.34. The maximum absolute atomic E-state index is 12.5. The molecule has 0 radical (unpaired) electrons. The summed E-state index contributed by atoms with van der Waals surface area (Å²) in [6, 6.07) is 1.64. The second kappa shape index (κ2) is 6.05. The Morgan fingerprint density at radius 2 is 1.86 bits per heavy atom. The fourth-order valence-electron chi connectivity index (χ4n) is 2.64. The molecule has 2 N–H and O–H groups in total. The van der Waals surface area contributed by atoms with Crippen molar-refractivity contribution in [3.63, 3.8) is 0 Å². The smallest absolute Gasteiger partial charge is 0.242 e. The highest BCUT2D eigenvalue weighted by molar-refractivity contribution is 7.89. The molecular weight excluding hydrogens is 333 g/mol. The topological polar surface area (TPSA) is 66.4 Å². The molecule has 1 aromatic carbocycles. The fraction of sp³-hybridized carbons (Fsp3) is 0.571. The van der Waals surface area contributed by atoms with Gasteiger partial charge in [0.25, 0.3) is 0 Å². The number of halogens is 2. The van der Waals surface area contributed by atoms with Crippen molar-refractivity contribution >= 4 is 33.2 Å². The fourth-order valence-corrected chi connectivity index (χ4v) is 4.97. The molecule has 0 heterocycles. The molecule has 2 rings (SSSR count). The zero-order valence-electron chi connectivity index (χ0n) is 12.0. The molecule has 0 bridgehead atoms. The van der Waals surface area contributed by atoms with Crippen LogP contribution in [0.25, 0.3) is 0 Å². The predicted molar refractivity (Wildman–Crippen MR) is 84.5 cm³/mol. The van der Waals surface area contributed by atoms with E-state index in [1.807, 2.05) is 0 Å². The average Bonchev–Trinajstić information content (AvgIpc) is 2.82. The summed E-state index contributed by atoms with van der Waals surface area (Å²) in [6.07, 6.45) is 3.04. The number of hydrogen-bond donors (Lipinski definition) is 2. The molecular formula is C14H19Cl2NO3S. The van der Waals surface area contributed by atoms with Crippen LogP contribution in [0.3, 0.4) is 0 Å². The van der Waals surface area contributed by atoms with Crippen molar-refractivity contribution in [2.45, 2.75) is 50.0 Å². The van der Waals surface area contributed by atoms with E-state index in [0.29, 0.717) is 29.0 Å². The molecule has 1 aliphatic rings. The van der Waals surface area contributed by atoms with Gasteiger partial charge in [0.1, 0.15) is 4.90 Å². The van der Waals surface area contributed by atoms with Crippen LogP contribution < -0.4 is 4.72 Å². The minimum atomic E-state index is -3.82. The third-order valence-corrected chi connectivity index (χ3v) is 6.55. The summed E-state index contributed by atoms with van der Waals surface area (Å²) in [5.74, 6) is 0. The van der Waals surface area contributed by atoms with Crippen LogP contribution in [0.2, 0.25) is 10.0 Å². The first-order valence-electron chi connectivity index (χ1n) is 6.83. The molecule has 0 amide bonds. The Labute approximate surface area is 135 Å². The third kappa shape index (κ3) is 3.54. The lowest BCUT2D eigenvalue weighted by Crippen LogP contribution is -2.41. The maximum atomic E-state index is 12.5. The molecule has 1 aromatic rings. The Morgan fingerprint density at radius 1 is 1.29 bits per heavy atom. The largest absolute Gasteiger partial charge is 0.389 e. The van der Waals surface area contributed by atoms with E-state index in [9.17, 15) is 13.5 Å². The molecule has 7 heteroatoms. The van der Waals surface area contributed by atoms with Crippen molar-refractivity contribution < 1.29 is 13.5 Å². The third-order valence-electron chi connectivity index (χ3n) is 3.98. The van der Waals surface area contributed by atoms with Gasteiger partial charge in [0.05, 0.1) is 10.6 Å². The number of benzene rings is 1. The minimum absolute atomic E-state index is 0.00331. The molecule has 0 spiro atoms. The quantitative estimate of drug-likeness (QED) is 0.875. The van der Waals surface area contributed by atoms with Crippen molar-refractivity contribution in [2.24, 2.45) is 0 Å². The van der Waals surface area contributed by atoms with Gasteiger partial charge in [-0.15, -0.1) is 0 Å². The van der Waals surface area contributed by atoms with Gasteiger partial charge in [0.15, 0.2) is 0 Å². The van der Waals surface area contributed by atoms with E-state index in [1.165, 1.54) is 0 Å². The van der Waals surface area contributed by atoms with E-state index in [1.54, 1.807) is 19.9 Å². The zero-order chi connectivity index (χ0) is 15.8. The van der Waals surface area contributed by atoms with Crippen molar-refractivity contribution in [3.05, 3.63) is 27.2 Å². The van der Waals surface area contributed by atoms with E-state index < -0.39 is 15.6 Å². The molecule has 4 nitrogen and oxygen atoms in total. The van der Waals surface area contributed by atoms with Gasteiger partial charge in [0.2, 0.25) is 10.0 Å². The SMILES string of the molecule is Cc1cc(Cl)c(C)c(S(=O)(=O)NCC2(O)CCCC2)c1Cl. The van der Waals surface area contributed by atoms with Crippen molar-refractivity contribution in [1.82, 2.24) is 4.72 Å². The van der Waals surface area contributed by atoms with E-state index in [-0.39, 0.29) is 16.5 Å². The monoisotopic (exact) mass is 351 g/mol. The van der Waals surface area contributed by atoms with Crippen LogP contribution in [-0.4, -0.2) is 25.7 Å². The number of sulfonamides is 1. The van der Waals surface area contributed by atoms with Crippen molar-refractivity contribution in [3.8, 4) is 0 Å².